The zero-order chi connectivity index (χ0) is 14.8. The highest BCUT2D eigenvalue weighted by Crippen LogP contribution is 2.27. The Morgan fingerprint density at radius 1 is 1.40 bits per heavy atom. The number of piperidine rings is 1. The van der Waals surface area contributed by atoms with Crippen molar-refractivity contribution in [2.45, 2.75) is 44.4 Å². The van der Waals surface area contributed by atoms with Crippen LogP contribution >= 0.6 is 0 Å². The first-order valence-electron chi connectivity index (χ1n) is 6.78. The number of hydrogen-bond acceptors (Lipinski definition) is 4. The normalized spacial score (nSPS) is 20.2. The maximum Gasteiger partial charge on any atom is 0.415 e. The van der Waals surface area contributed by atoms with Crippen molar-refractivity contribution in [3.05, 3.63) is 11.6 Å². The lowest BCUT2D eigenvalue weighted by Gasteiger charge is -2.32. The topological polar surface area (TPSA) is 65.0 Å². The van der Waals surface area contributed by atoms with Crippen molar-refractivity contribution in [1.82, 2.24) is 20.1 Å². The van der Waals surface area contributed by atoms with Gasteiger partial charge in [0.1, 0.15) is 5.82 Å². The fourth-order valence-electron chi connectivity index (χ4n) is 2.37. The molecule has 0 aromatic carbocycles. The number of halogens is 3. The third-order valence-corrected chi connectivity index (χ3v) is 3.65. The highest BCUT2D eigenvalue weighted by atomic mass is 19.4. The first-order chi connectivity index (χ1) is 9.40. The van der Waals surface area contributed by atoms with Crippen LogP contribution in [0.25, 0.3) is 0 Å². The number of alkyl halides is 3. The minimum absolute atomic E-state index is 0.186. The van der Waals surface area contributed by atoms with Crippen molar-refractivity contribution in [2.75, 3.05) is 19.6 Å². The van der Waals surface area contributed by atoms with E-state index in [0.29, 0.717) is 25.9 Å². The van der Waals surface area contributed by atoms with Crippen LogP contribution in [0.1, 0.15) is 37.3 Å². The van der Waals surface area contributed by atoms with Gasteiger partial charge in [0, 0.05) is 18.9 Å². The lowest BCUT2D eigenvalue weighted by molar-refractivity contribution is -0.208. The molecule has 8 heteroatoms. The number of aromatic amines is 1. The van der Waals surface area contributed by atoms with Crippen LogP contribution in [-0.4, -0.2) is 57.1 Å². The third kappa shape index (κ3) is 3.69. The van der Waals surface area contributed by atoms with Gasteiger partial charge >= 0.3 is 6.18 Å². The van der Waals surface area contributed by atoms with Gasteiger partial charge in [-0.3, -0.25) is 5.10 Å². The van der Waals surface area contributed by atoms with Crippen LogP contribution in [0.15, 0.2) is 0 Å². The van der Waals surface area contributed by atoms with E-state index in [2.05, 4.69) is 15.2 Å². The Balaban J connectivity index is 1.83. The zero-order valence-electron chi connectivity index (χ0n) is 11.3. The summed E-state index contributed by atoms with van der Waals surface area (Å²) < 4.78 is 36.9. The molecule has 0 spiro atoms. The van der Waals surface area contributed by atoms with E-state index in [0.717, 1.165) is 18.1 Å². The SMILES string of the molecule is CCc1nc(C2CCN(C[C@H](O)C(F)(F)F)CC2)n[nH]1. The molecule has 1 aliphatic heterocycles. The number of β-amino-alcohol motifs (C(OH)–C–C–N with tert-alkyl or cyclic N) is 1. The van der Waals surface area contributed by atoms with Crippen LogP contribution in [0.5, 0.6) is 0 Å². The van der Waals surface area contributed by atoms with E-state index in [1.807, 2.05) is 6.92 Å². The summed E-state index contributed by atoms with van der Waals surface area (Å²) in [7, 11) is 0. The second-order valence-electron chi connectivity index (χ2n) is 5.13. The fourth-order valence-corrected chi connectivity index (χ4v) is 2.37. The second-order valence-corrected chi connectivity index (χ2v) is 5.13. The Kier molecular flexibility index (Phi) is 4.64. The van der Waals surface area contributed by atoms with Crippen LogP contribution in [0.2, 0.25) is 0 Å². The number of nitrogens with zero attached hydrogens (tertiary/aromatic N) is 3. The number of rotatable bonds is 4. The van der Waals surface area contributed by atoms with Gasteiger partial charge in [-0.25, -0.2) is 4.98 Å². The molecule has 1 fully saturated rings. The van der Waals surface area contributed by atoms with Crippen molar-refractivity contribution in [3.63, 3.8) is 0 Å². The smallest absolute Gasteiger partial charge is 0.382 e. The Hall–Kier alpha value is -1.15. The highest BCUT2D eigenvalue weighted by molar-refractivity contribution is 5.00. The Morgan fingerprint density at radius 2 is 2.05 bits per heavy atom. The van der Waals surface area contributed by atoms with Gasteiger partial charge in [0.25, 0.3) is 0 Å². The molecular formula is C12H19F3N4O. The van der Waals surface area contributed by atoms with E-state index in [4.69, 9.17) is 5.11 Å². The van der Waals surface area contributed by atoms with Crippen LogP contribution in [0.4, 0.5) is 13.2 Å². The average molecular weight is 292 g/mol. The molecule has 20 heavy (non-hydrogen) atoms. The average Bonchev–Trinajstić information content (AvgIpc) is 2.87. The number of aromatic nitrogens is 3. The van der Waals surface area contributed by atoms with E-state index in [-0.39, 0.29) is 12.5 Å². The molecule has 0 bridgehead atoms. The van der Waals surface area contributed by atoms with Crippen LogP contribution < -0.4 is 0 Å². The van der Waals surface area contributed by atoms with Gasteiger partial charge in [0.05, 0.1) is 0 Å². The molecule has 1 aliphatic rings. The number of nitrogens with one attached hydrogen (secondary N) is 1. The summed E-state index contributed by atoms with van der Waals surface area (Å²) in [4.78, 5) is 6.00. The van der Waals surface area contributed by atoms with Crippen LogP contribution in [0, 0.1) is 0 Å². The van der Waals surface area contributed by atoms with Gasteiger partial charge in [0.15, 0.2) is 11.9 Å². The minimum Gasteiger partial charge on any atom is -0.382 e. The lowest BCUT2D eigenvalue weighted by atomic mass is 9.96. The van der Waals surface area contributed by atoms with Crippen molar-refractivity contribution < 1.29 is 18.3 Å². The van der Waals surface area contributed by atoms with Gasteiger partial charge in [-0.05, 0) is 25.9 Å². The minimum atomic E-state index is -4.55. The summed E-state index contributed by atoms with van der Waals surface area (Å²) in [6.07, 6.45) is -4.61. The molecule has 0 aliphatic carbocycles. The molecule has 114 valence electrons. The molecule has 2 heterocycles. The first kappa shape index (κ1) is 15.2. The number of likely N-dealkylation sites (tertiary alicyclic amines) is 1. The highest BCUT2D eigenvalue weighted by Gasteiger charge is 2.39. The number of aryl methyl sites for hydroxylation is 1. The van der Waals surface area contributed by atoms with Crippen molar-refractivity contribution >= 4 is 0 Å². The largest absolute Gasteiger partial charge is 0.415 e. The molecule has 0 radical (unpaired) electrons. The summed E-state index contributed by atoms with van der Waals surface area (Å²) in [5, 5.41) is 16.1. The third-order valence-electron chi connectivity index (χ3n) is 3.65. The first-order valence-corrected chi connectivity index (χ1v) is 6.78. The van der Waals surface area contributed by atoms with Crippen molar-refractivity contribution in [3.8, 4) is 0 Å². The molecule has 1 aromatic heterocycles. The summed E-state index contributed by atoms with van der Waals surface area (Å²) >= 11 is 0. The predicted molar refractivity (Wildman–Crippen MR) is 66.2 cm³/mol. The monoisotopic (exact) mass is 292 g/mol. The lowest BCUT2D eigenvalue weighted by Crippen LogP contribution is -2.44. The summed E-state index contributed by atoms with van der Waals surface area (Å²) in [6, 6.07) is 0. The van der Waals surface area contributed by atoms with Crippen LogP contribution in [-0.2, 0) is 6.42 Å². The predicted octanol–water partition coefficient (Wildman–Crippen LogP) is 1.47. The van der Waals surface area contributed by atoms with Gasteiger partial charge in [0.2, 0.25) is 0 Å². The number of aliphatic hydroxyl groups excluding tert-OH is 1. The van der Waals surface area contributed by atoms with Crippen molar-refractivity contribution in [1.29, 1.82) is 0 Å². The fraction of sp³-hybridized carbons (Fsp3) is 0.833. The molecule has 5 nitrogen and oxygen atoms in total. The Morgan fingerprint density at radius 3 is 2.55 bits per heavy atom. The van der Waals surface area contributed by atoms with Crippen molar-refractivity contribution in [2.24, 2.45) is 0 Å². The van der Waals surface area contributed by atoms with E-state index >= 15 is 0 Å². The van der Waals surface area contributed by atoms with Gasteiger partial charge in [-0.1, -0.05) is 6.92 Å². The maximum absolute atomic E-state index is 12.3. The molecule has 0 unspecified atom stereocenters. The molecule has 1 aromatic rings. The van der Waals surface area contributed by atoms with Crippen LogP contribution in [0.3, 0.4) is 0 Å². The molecule has 2 N–H and O–H groups in total. The van der Waals surface area contributed by atoms with E-state index < -0.39 is 12.3 Å². The summed E-state index contributed by atoms with van der Waals surface area (Å²) in [6.45, 7) is 2.66. The second kappa shape index (κ2) is 6.09. The van der Waals surface area contributed by atoms with Gasteiger partial charge in [-0.2, -0.15) is 18.3 Å². The zero-order valence-corrected chi connectivity index (χ0v) is 11.3. The number of H-pyrrole nitrogens is 1. The Bertz CT molecular complexity index is 427. The van der Waals surface area contributed by atoms with Gasteiger partial charge < -0.3 is 10.0 Å². The molecule has 0 amide bonds. The number of aliphatic hydroxyl groups is 1. The van der Waals surface area contributed by atoms with E-state index in [1.165, 1.54) is 0 Å². The molecular weight excluding hydrogens is 273 g/mol. The van der Waals surface area contributed by atoms with Gasteiger partial charge in [-0.15, -0.1) is 0 Å². The Labute approximate surface area is 115 Å². The van der Waals surface area contributed by atoms with E-state index in [1.54, 1.807) is 4.90 Å². The molecule has 1 saturated heterocycles. The van der Waals surface area contributed by atoms with E-state index in [9.17, 15) is 13.2 Å². The summed E-state index contributed by atoms with van der Waals surface area (Å²) in [5.74, 6) is 1.76. The molecule has 1 atom stereocenters. The molecule has 2 rings (SSSR count). The standard InChI is InChI=1S/C12H19F3N4O/c1-2-10-16-11(18-17-10)8-3-5-19(6-4-8)7-9(20)12(13,14)15/h8-9,20H,2-7H2,1H3,(H,16,17,18)/t9-/m0/s1. The number of hydrogen-bond donors (Lipinski definition) is 2. The molecule has 0 saturated carbocycles. The maximum atomic E-state index is 12.3. The summed E-state index contributed by atoms with van der Waals surface area (Å²) in [5.41, 5.74) is 0. The quantitative estimate of drug-likeness (QED) is 0.882.